The molecule has 25 heavy (non-hydrogen) atoms. The first-order valence-corrected chi connectivity index (χ1v) is 8.58. The van der Waals surface area contributed by atoms with Gasteiger partial charge in [-0.25, -0.2) is 9.97 Å². The second-order valence-corrected chi connectivity index (χ2v) is 6.00. The quantitative estimate of drug-likeness (QED) is 0.544. The average Bonchev–Trinajstić information content (AvgIpc) is 3.04. The van der Waals surface area contributed by atoms with Gasteiger partial charge in [-0.2, -0.15) is 0 Å². The number of aromatic nitrogens is 3. The average molecular weight is 328 g/mol. The second-order valence-electron chi connectivity index (χ2n) is 6.00. The standard InChI is InChI=1S/C21H20N4/c1-2-13-25-19(16-9-5-3-6-10-16)14-18-20(22-15-23-21(18)25)24-17-11-7-4-8-12-17/h3-12,14-15H,2,13H2,1H3,(H,22,23,24). The van der Waals surface area contributed by atoms with Crippen LogP contribution in [0.4, 0.5) is 11.5 Å². The van der Waals surface area contributed by atoms with Crippen LogP contribution >= 0.6 is 0 Å². The molecule has 0 saturated heterocycles. The molecule has 4 nitrogen and oxygen atoms in total. The van der Waals surface area contributed by atoms with Crippen LogP contribution in [0.25, 0.3) is 22.3 Å². The number of hydrogen-bond acceptors (Lipinski definition) is 3. The van der Waals surface area contributed by atoms with Crippen molar-refractivity contribution in [2.24, 2.45) is 0 Å². The molecule has 0 aliphatic rings. The molecular formula is C21H20N4. The Bertz CT molecular complexity index is 975. The molecule has 0 amide bonds. The summed E-state index contributed by atoms with van der Waals surface area (Å²) in [6.07, 6.45) is 2.68. The fourth-order valence-corrected chi connectivity index (χ4v) is 3.12. The van der Waals surface area contributed by atoms with Crippen LogP contribution in [-0.4, -0.2) is 14.5 Å². The Morgan fingerprint density at radius 2 is 1.64 bits per heavy atom. The maximum absolute atomic E-state index is 4.56. The van der Waals surface area contributed by atoms with E-state index in [-0.39, 0.29) is 0 Å². The van der Waals surface area contributed by atoms with E-state index in [2.05, 4.69) is 57.1 Å². The van der Waals surface area contributed by atoms with Gasteiger partial charge in [0.1, 0.15) is 17.8 Å². The highest BCUT2D eigenvalue weighted by atomic mass is 15.1. The lowest BCUT2D eigenvalue weighted by molar-refractivity contribution is 0.703. The normalized spacial score (nSPS) is 10.9. The maximum Gasteiger partial charge on any atom is 0.145 e. The van der Waals surface area contributed by atoms with Crippen LogP contribution in [0.2, 0.25) is 0 Å². The van der Waals surface area contributed by atoms with Crippen molar-refractivity contribution in [2.45, 2.75) is 19.9 Å². The predicted molar refractivity (Wildman–Crippen MR) is 103 cm³/mol. The lowest BCUT2D eigenvalue weighted by atomic mass is 10.1. The zero-order valence-corrected chi connectivity index (χ0v) is 14.2. The van der Waals surface area contributed by atoms with Crippen molar-refractivity contribution < 1.29 is 0 Å². The molecule has 2 aromatic carbocycles. The number of nitrogens with one attached hydrogen (secondary N) is 1. The van der Waals surface area contributed by atoms with Crippen molar-refractivity contribution in [1.29, 1.82) is 0 Å². The van der Waals surface area contributed by atoms with E-state index in [9.17, 15) is 0 Å². The molecule has 0 fully saturated rings. The third-order valence-electron chi connectivity index (χ3n) is 4.24. The Balaban J connectivity index is 1.87. The third-order valence-corrected chi connectivity index (χ3v) is 4.24. The molecule has 0 atom stereocenters. The highest BCUT2D eigenvalue weighted by Crippen LogP contribution is 2.31. The lowest BCUT2D eigenvalue weighted by Gasteiger charge is -2.09. The van der Waals surface area contributed by atoms with Crippen molar-refractivity contribution in [2.75, 3.05) is 5.32 Å². The van der Waals surface area contributed by atoms with E-state index in [0.717, 1.165) is 35.5 Å². The zero-order valence-electron chi connectivity index (χ0n) is 14.2. The molecule has 0 aliphatic heterocycles. The van der Waals surface area contributed by atoms with Crippen LogP contribution in [0.3, 0.4) is 0 Å². The number of hydrogen-bond donors (Lipinski definition) is 1. The predicted octanol–water partition coefficient (Wildman–Crippen LogP) is 5.25. The van der Waals surface area contributed by atoms with Gasteiger partial charge >= 0.3 is 0 Å². The first-order chi connectivity index (χ1) is 12.4. The van der Waals surface area contributed by atoms with Gasteiger partial charge in [0.25, 0.3) is 0 Å². The number of nitrogens with zero attached hydrogens (tertiary/aromatic N) is 3. The molecule has 2 heterocycles. The Labute approximate surface area is 147 Å². The van der Waals surface area contributed by atoms with Gasteiger partial charge in [0.15, 0.2) is 0 Å². The SMILES string of the molecule is CCCn1c(-c2ccccc2)cc2c(Nc3ccccc3)ncnc21. The fraction of sp³-hybridized carbons (Fsp3) is 0.143. The molecule has 0 radical (unpaired) electrons. The summed E-state index contributed by atoms with van der Waals surface area (Å²) in [6.45, 7) is 3.11. The number of fused-ring (bicyclic) bond motifs is 1. The first-order valence-electron chi connectivity index (χ1n) is 8.58. The number of aryl methyl sites for hydroxylation is 1. The molecule has 0 spiro atoms. The van der Waals surface area contributed by atoms with Gasteiger partial charge in [0, 0.05) is 12.2 Å². The van der Waals surface area contributed by atoms with Gasteiger partial charge in [-0.3, -0.25) is 0 Å². The molecule has 0 unspecified atom stereocenters. The van der Waals surface area contributed by atoms with Crippen LogP contribution in [0.1, 0.15) is 13.3 Å². The van der Waals surface area contributed by atoms with Crippen molar-refractivity contribution in [3.05, 3.63) is 73.1 Å². The van der Waals surface area contributed by atoms with Crippen molar-refractivity contribution in [3.63, 3.8) is 0 Å². The van der Waals surface area contributed by atoms with Crippen LogP contribution in [0.15, 0.2) is 73.1 Å². The van der Waals surface area contributed by atoms with E-state index in [0.29, 0.717) is 0 Å². The Morgan fingerprint density at radius 1 is 0.920 bits per heavy atom. The topological polar surface area (TPSA) is 42.7 Å². The molecule has 0 saturated carbocycles. The zero-order chi connectivity index (χ0) is 17.1. The number of rotatable bonds is 5. The van der Waals surface area contributed by atoms with Crippen LogP contribution in [0, 0.1) is 0 Å². The highest BCUT2D eigenvalue weighted by molar-refractivity contribution is 5.93. The minimum atomic E-state index is 0.836. The summed E-state index contributed by atoms with van der Waals surface area (Å²) in [7, 11) is 0. The number of anilines is 2. The molecule has 0 aliphatic carbocycles. The maximum atomic E-state index is 4.56. The molecular weight excluding hydrogens is 308 g/mol. The minimum Gasteiger partial charge on any atom is -0.340 e. The first kappa shape index (κ1) is 15.4. The molecule has 124 valence electrons. The van der Waals surface area contributed by atoms with Gasteiger partial charge in [-0.15, -0.1) is 0 Å². The van der Waals surface area contributed by atoms with Crippen LogP contribution in [-0.2, 0) is 6.54 Å². The molecule has 4 aromatic rings. The summed E-state index contributed by atoms with van der Waals surface area (Å²) >= 11 is 0. The third kappa shape index (κ3) is 2.98. The Kier molecular flexibility index (Phi) is 4.17. The number of para-hydroxylation sites is 1. The van der Waals surface area contributed by atoms with Gasteiger partial charge < -0.3 is 9.88 Å². The summed E-state index contributed by atoms with van der Waals surface area (Å²) < 4.78 is 2.28. The second kappa shape index (κ2) is 6.77. The van der Waals surface area contributed by atoms with Crippen LogP contribution in [0.5, 0.6) is 0 Å². The smallest absolute Gasteiger partial charge is 0.145 e. The van der Waals surface area contributed by atoms with E-state index >= 15 is 0 Å². The summed E-state index contributed by atoms with van der Waals surface area (Å²) in [5.74, 6) is 0.836. The molecule has 2 aromatic heterocycles. The molecule has 4 rings (SSSR count). The summed E-state index contributed by atoms with van der Waals surface area (Å²) in [4.78, 5) is 9.03. The van der Waals surface area contributed by atoms with E-state index < -0.39 is 0 Å². The van der Waals surface area contributed by atoms with E-state index in [1.165, 1.54) is 11.3 Å². The Morgan fingerprint density at radius 3 is 2.36 bits per heavy atom. The van der Waals surface area contributed by atoms with Gasteiger partial charge in [0.2, 0.25) is 0 Å². The van der Waals surface area contributed by atoms with Crippen LogP contribution < -0.4 is 5.32 Å². The van der Waals surface area contributed by atoms with Crippen molar-refractivity contribution in [1.82, 2.24) is 14.5 Å². The largest absolute Gasteiger partial charge is 0.340 e. The van der Waals surface area contributed by atoms with E-state index in [1.54, 1.807) is 6.33 Å². The summed E-state index contributed by atoms with van der Waals surface area (Å²) in [5, 5.41) is 4.46. The highest BCUT2D eigenvalue weighted by Gasteiger charge is 2.14. The summed E-state index contributed by atoms with van der Waals surface area (Å²) in [5.41, 5.74) is 4.36. The van der Waals surface area contributed by atoms with E-state index in [4.69, 9.17) is 0 Å². The van der Waals surface area contributed by atoms with Crippen molar-refractivity contribution >= 4 is 22.5 Å². The molecule has 1 N–H and O–H groups in total. The minimum absolute atomic E-state index is 0.836. The van der Waals surface area contributed by atoms with Gasteiger partial charge in [-0.1, -0.05) is 55.5 Å². The van der Waals surface area contributed by atoms with Gasteiger partial charge in [0.05, 0.1) is 11.1 Å². The summed E-state index contributed by atoms with van der Waals surface area (Å²) in [6, 6.07) is 22.7. The Hall–Kier alpha value is -3.14. The molecule has 4 heteroatoms. The van der Waals surface area contributed by atoms with E-state index in [1.807, 2.05) is 36.4 Å². The van der Waals surface area contributed by atoms with Crippen molar-refractivity contribution in [3.8, 4) is 11.3 Å². The molecule has 0 bridgehead atoms. The fourth-order valence-electron chi connectivity index (χ4n) is 3.12. The number of benzene rings is 2. The lowest BCUT2D eigenvalue weighted by Crippen LogP contribution is -2.01. The van der Waals surface area contributed by atoms with Gasteiger partial charge in [-0.05, 0) is 30.2 Å². The monoisotopic (exact) mass is 328 g/mol.